The highest BCUT2D eigenvalue weighted by atomic mass is 16.7. The summed E-state index contributed by atoms with van der Waals surface area (Å²) in [4.78, 5) is 15.0. The van der Waals surface area contributed by atoms with Gasteiger partial charge in [-0.25, -0.2) is 9.78 Å². The molecule has 0 radical (unpaired) electrons. The van der Waals surface area contributed by atoms with E-state index in [0.717, 1.165) is 0 Å². The minimum Gasteiger partial charge on any atom is -0.454 e. The first kappa shape index (κ1) is 10.3. The molecule has 0 fully saturated rings. The topological polar surface area (TPSA) is 69.7 Å². The normalized spacial score (nSPS) is 14.1. The maximum Gasteiger partial charge on any atom is 0.413 e. The Morgan fingerprint density at radius 1 is 1.44 bits per heavy atom. The molecule has 6 heteroatoms. The van der Waals surface area contributed by atoms with Gasteiger partial charge >= 0.3 is 6.09 Å². The van der Waals surface area contributed by atoms with Gasteiger partial charge in [-0.15, -0.1) is 0 Å². The molecule has 1 aliphatic heterocycles. The summed E-state index contributed by atoms with van der Waals surface area (Å²) in [5.74, 6) is 0.191. The van der Waals surface area contributed by atoms with E-state index in [1.54, 1.807) is 18.2 Å². The molecule has 1 aliphatic rings. The minimum absolute atomic E-state index is 0.191. The van der Waals surface area contributed by atoms with Crippen molar-refractivity contribution in [2.75, 3.05) is 7.05 Å². The largest absolute Gasteiger partial charge is 0.454 e. The molecule has 0 saturated heterocycles. The van der Waals surface area contributed by atoms with Gasteiger partial charge in [0.2, 0.25) is 5.88 Å². The molecular formula is C10H10N2O4. The molecule has 0 aliphatic carbocycles. The van der Waals surface area contributed by atoms with E-state index in [9.17, 15) is 4.79 Å². The summed E-state index contributed by atoms with van der Waals surface area (Å²) in [7, 11) is 1.47. The third-order valence-corrected chi connectivity index (χ3v) is 1.85. The van der Waals surface area contributed by atoms with E-state index in [2.05, 4.69) is 10.3 Å². The number of nitrogens with one attached hydrogen (secondary N) is 1. The average molecular weight is 222 g/mol. The number of ether oxygens (including phenoxy) is 3. The highest BCUT2D eigenvalue weighted by Gasteiger charge is 2.17. The van der Waals surface area contributed by atoms with Gasteiger partial charge in [0.05, 0.1) is 0 Å². The highest BCUT2D eigenvalue weighted by Crippen LogP contribution is 2.23. The molecule has 1 N–H and O–H groups in total. The summed E-state index contributed by atoms with van der Waals surface area (Å²) in [6, 6.07) is 4.99. The quantitative estimate of drug-likeness (QED) is 0.817. The Morgan fingerprint density at radius 3 is 2.88 bits per heavy atom. The predicted molar refractivity (Wildman–Crippen MR) is 53.4 cm³/mol. The van der Waals surface area contributed by atoms with Crippen molar-refractivity contribution in [1.29, 1.82) is 0 Å². The average Bonchev–Trinajstić information content (AvgIpc) is 2.83. The number of carbonyl (C=O) groups is 1. The van der Waals surface area contributed by atoms with Gasteiger partial charge < -0.3 is 19.5 Å². The number of hydrogen-bond acceptors (Lipinski definition) is 5. The van der Waals surface area contributed by atoms with Crippen molar-refractivity contribution in [2.24, 2.45) is 0 Å². The van der Waals surface area contributed by atoms with Crippen LogP contribution in [0, 0.1) is 0 Å². The van der Waals surface area contributed by atoms with Crippen molar-refractivity contribution in [3.05, 3.63) is 36.4 Å². The van der Waals surface area contributed by atoms with Crippen LogP contribution in [0.2, 0.25) is 0 Å². The Balaban J connectivity index is 2.10. The second-order valence-corrected chi connectivity index (χ2v) is 2.92. The van der Waals surface area contributed by atoms with E-state index < -0.39 is 12.4 Å². The molecule has 84 valence electrons. The van der Waals surface area contributed by atoms with Crippen LogP contribution in [-0.2, 0) is 9.47 Å². The zero-order valence-electron chi connectivity index (χ0n) is 8.54. The Bertz CT molecular complexity index is 411. The number of carbonyl (C=O) groups excluding carboxylic acids is 1. The SMILES string of the molecule is CNC(=O)Oc1cccc(C2OC=CO2)n1. The van der Waals surface area contributed by atoms with Crippen LogP contribution in [0.1, 0.15) is 12.0 Å². The van der Waals surface area contributed by atoms with Gasteiger partial charge in [-0.2, -0.15) is 0 Å². The van der Waals surface area contributed by atoms with Crippen LogP contribution in [0.3, 0.4) is 0 Å². The van der Waals surface area contributed by atoms with Crippen molar-refractivity contribution >= 4 is 6.09 Å². The second-order valence-electron chi connectivity index (χ2n) is 2.92. The Kier molecular flexibility index (Phi) is 2.90. The molecule has 2 rings (SSSR count). The Hall–Kier alpha value is -2.24. The molecule has 6 nitrogen and oxygen atoms in total. The van der Waals surface area contributed by atoms with Gasteiger partial charge in [0.1, 0.15) is 18.2 Å². The van der Waals surface area contributed by atoms with Gasteiger partial charge in [0, 0.05) is 13.1 Å². The molecule has 16 heavy (non-hydrogen) atoms. The van der Waals surface area contributed by atoms with Gasteiger partial charge in [0.25, 0.3) is 6.29 Å². The number of hydrogen-bond donors (Lipinski definition) is 1. The summed E-state index contributed by atoms with van der Waals surface area (Å²) in [5, 5.41) is 2.33. The molecule has 1 aromatic rings. The summed E-state index contributed by atoms with van der Waals surface area (Å²) < 4.78 is 15.1. The van der Waals surface area contributed by atoms with E-state index in [1.165, 1.54) is 19.6 Å². The van der Waals surface area contributed by atoms with E-state index in [-0.39, 0.29) is 5.88 Å². The van der Waals surface area contributed by atoms with Crippen molar-refractivity contribution in [3.8, 4) is 5.88 Å². The Labute approximate surface area is 91.8 Å². The fourth-order valence-electron chi connectivity index (χ4n) is 1.14. The van der Waals surface area contributed by atoms with Crippen molar-refractivity contribution in [3.63, 3.8) is 0 Å². The lowest BCUT2D eigenvalue weighted by molar-refractivity contribution is -0.0282. The van der Waals surface area contributed by atoms with Gasteiger partial charge in [-0.3, -0.25) is 0 Å². The molecule has 1 aromatic heterocycles. The number of nitrogens with zero attached hydrogens (tertiary/aromatic N) is 1. The highest BCUT2D eigenvalue weighted by molar-refractivity contribution is 5.69. The monoisotopic (exact) mass is 222 g/mol. The summed E-state index contributed by atoms with van der Waals surface area (Å²) >= 11 is 0. The van der Waals surface area contributed by atoms with Crippen LogP contribution in [0.25, 0.3) is 0 Å². The van der Waals surface area contributed by atoms with Crippen LogP contribution < -0.4 is 10.1 Å². The first-order valence-electron chi connectivity index (χ1n) is 4.62. The van der Waals surface area contributed by atoms with Crippen LogP contribution in [0.5, 0.6) is 5.88 Å². The summed E-state index contributed by atoms with van der Waals surface area (Å²) in [5.41, 5.74) is 0.534. The first-order chi connectivity index (χ1) is 7.79. The van der Waals surface area contributed by atoms with Gasteiger partial charge in [0.15, 0.2) is 0 Å². The lowest BCUT2D eigenvalue weighted by Gasteiger charge is -2.10. The fourth-order valence-corrected chi connectivity index (χ4v) is 1.14. The standard InChI is InChI=1S/C10H10N2O4/c1-11-10(13)16-8-4-2-3-7(12-8)9-14-5-6-15-9/h2-6,9H,1H3,(H,11,13). The van der Waals surface area contributed by atoms with Crippen LogP contribution in [0.15, 0.2) is 30.7 Å². The number of pyridine rings is 1. The fraction of sp³-hybridized carbons (Fsp3) is 0.200. The molecule has 0 saturated carbocycles. The molecular weight excluding hydrogens is 212 g/mol. The van der Waals surface area contributed by atoms with Gasteiger partial charge in [-0.1, -0.05) is 6.07 Å². The predicted octanol–water partition coefficient (Wildman–Crippen LogP) is 1.32. The maximum atomic E-state index is 11.0. The number of aromatic nitrogens is 1. The van der Waals surface area contributed by atoms with Crippen LogP contribution >= 0.6 is 0 Å². The molecule has 0 aromatic carbocycles. The lowest BCUT2D eigenvalue weighted by Crippen LogP contribution is -2.22. The molecule has 0 atom stereocenters. The first-order valence-corrected chi connectivity index (χ1v) is 4.62. The van der Waals surface area contributed by atoms with Crippen LogP contribution in [0.4, 0.5) is 4.79 Å². The Morgan fingerprint density at radius 2 is 2.19 bits per heavy atom. The molecule has 0 spiro atoms. The number of rotatable bonds is 2. The van der Waals surface area contributed by atoms with Crippen molar-refractivity contribution in [2.45, 2.75) is 6.29 Å². The summed E-state index contributed by atoms with van der Waals surface area (Å²) in [6.07, 6.45) is 1.71. The third kappa shape index (κ3) is 2.22. The molecule has 2 heterocycles. The zero-order valence-corrected chi connectivity index (χ0v) is 8.54. The maximum absolute atomic E-state index is 11.0. The number of amides is 1. The zero-order chi connectivity index (χ0) is 11.4. The van der Waals surface area contributed by atoms with Crippen molar-refractivity contribution in [1.82, 2.24) is 10.3 Å². The molecule has 0 bridgehead atoms. The van der Waals surface area contributed by atoms with E-state index in [0.29, 0.717) is 5.69 Å². The van der Waals surface area contributed by atoms with E-state index in [4.69, 9.17) is 14.2 Å². The van der Waals surface area contributed by atoms with Gasteiger partial charge in [-0.05, 0) is 6.07 Å². The molecule has 0 unspecified atom stereocenters. The summed E-state index contributed by atoms with van der Waals surface area (Å²) in [6.45, 7) is 0. The van der Waals surface area contributed by atoms with Crippen LogP contribution in [-0.4, -0.2) is 18.1 Å². The van der Waals surface area contributed by atoms with Crippen molar-refractivity contribution < 1.29 is 19.0 Å². The molecule has 1 amide bonds. The second kappa shape index (κ2) is 4.52. The lowest BCUT2D eigenvalue weighted by atomic mass is 10.3. The van der Waals surface area contributed by atoms with E-state index in [1.807, 2.05) is 0 Å². The third-order valence-electron chi connectivity index (χ3n) is 1.85. The van der Waals surface area contributed by atoms with E-state index >= 15 is 0 Å². The smallest absolute Gasteiger partial charge is 0.413 e. The minimum atomic E-state index is -0.576.